The molecule has 0 unspecified atom stereocenters. The molecule has 0 aliphatic heterocycles. The van der Waals surface area contributed by atoms with Gasteiger partial charge in [0.15, 0.2) is 23.6 Å². The Kier molecular flexibility index (Phi) is 4.12. The molecule has 21 heavy (non-hydrogen) atoms. The van der Waals surface area contributed by atoms with E-state index in [9.17, 15) is 14.9 Å². The molecule has 9 nitrogen and oxygen atoms in total. The summed E-state index contributed by atoms with van der Waals surface area (Å²) in [7, 11) is 3.12. The number of ether oxygens (including phenoxy) is 2. The summed E-state index contributed by atoms with van der Waals surface area (Å²) in [5, 5.41) is 18.5. The first-order valence-corrected chi connectivity index (χ1v) is 5.84. The Labute approximate surface area is 119 Å². The maximum Gasteiger partial charge on any atom is 0.283 e. The van der Waals surface area contributed by atoms with Gasteiger partial charge in [-0.15, -0.1) is 10.2 Å². The summed E-state index contributed by atoms with van der Waals surface area (Å²) in [4.78, 5) is 21.2. The molecular weight excluding hydrogens is 280 g/mol. The van der Waals surface area contributed by atoms with Crippen LogP contribution in [0.15, 0.2) is 18.5 Å². The Morgan fingerprint density at radius 3 is 2.71 bits per heavy atom. The van der Waals surface area contributed by atoms with Gasteiger partial charge in [0.25, 0.3) is 5.69 Å². The lowest BCUT2D eigenvalue weighted by Crippen LogP contribution is -2.05. The summed E-state index contributed by atoms with van der Waals surface area (Å²) in [6, 6.07) is 2.41. The molecule has 0 fully saturated rings. The van der Waals surface area contributed by atoms with E-state index >= 15 is 0 Å². The van der Waals surface area contributed by atoms with Crippen LogP contribution in [0.5, 0.6) is 11.5 Å². The van der Waals surface area contributed by atoms with Crippen molar-refractivity contribution in [1.29, 1.82) is 0 Å². The zero-order chi connectivity index (χ0) is 15.4. The third-order valence-electron chi connectivity index (χ3n) is 2.80. The molecule has 0 aliphatic carbocycles. The van der Waals surface area contributed by atoms with Gasteiger partial charge in [0, 0.05) is 13.1 Å². The van der Waals surface area contributed by atoms with Crippen molar-refractivity contribution < 1.29 is 19.2 Å². The zero-order valence-electron chi connectivity index (χ0n) is 11.3. The molecule has 0 spiro atoms. The quantitative estimate of drug-likeness (QED) is 0.445. The first-order chi connectivity index (χ1) is 10.1. The van der Waals surface area contributed by atoms with Crippen molar-refractivity contribution in [3.8, 4) is 11.5 Å². The lowest BCUT2D eigenvalue weighted by Gasteiger charge is -2.11. The first-order valence-electron chi connectivity index (χ1n) is 5.84. The van der Waals surface area contributed by atoms with Gasteiger partial charge in [0.2, 0.25) is 0 Å². The Morgan fingerprint density at radius 1 is 1.43 bits per heavy atom. The van der Waals surface area contributed by atoms with Gasteiger partial charge in [-0.1, -0.05) is 0 Å². The van der Waals surface area contributed by atoms with Crippen molar-refractivity contribution in [3.63, 3.8) is 0 Å². The summed E-state index contributed by atoms with van der Waals surface area (Å²) in [6.45, 7) is 0.0600. The van der Waals surface area contributed by atoms with E-state index < -0.39 is 4.92 Å². The molecule has 1 aromatic carbocycles. The monoisotopic (exact) mass is 292 g/mol. The van der Waals surface area contributed by atoms with Gasteiger partial charge in [-0.2, -0.15) is 0 Å². The number of carbonyl (C=O) groups excluding carboxylic acids is 1. The van der Waals surface area contributed by atoms with Gasteiger partial charge in [0.1, 0.15) is 12.9 Å². The summed E-state index contributed by atoms with van der Waals surface area (Å²) in [6.07, 6.45) is 1.90. The number of rotatable bonds is 6. The molecule has 0 radical (unpaired) electrons. The minimum absolute atomic E-state index is 0.0600. The van der Waals surface area contributed by atoms with Crippen molar-refractivity contribution in [2.45, 2.75) is 6.61 Å². The second kappa shape index (κ2) is 5.99. The standard InChI is InChI=1S/C12H12N4O5/c1-15-7-13-14-12(15)6-21-11-4-9(16(18)19)8(5-17)3-10(11)20-2/h3-5,7H,6H2,1-2H3. The maximum atomic E-state index is 10.9. The zero-order valence-corrected chi connectivity index (χ0v) is 11.3. The Morgan fingerprint density at radius 2 is 2.19 bits per heavy atom. The molecular formula is C12H12N4O5. The number of aldehydes is 1. The number of benzene rings is 1. The van der Waals surface area contributed by atoms with E-state index in [4.69, 9.17) is 9.47 Å². The van der Waals surface area contributed by atoms with E-state index in [1.807, 2.05) is 0 Å². The average molecular weight is 292 g/mol. The average Bonchev–Trinajstić information content (AvgIpc) is 2.89. The SMILES string of the molecule is COc1cc(C=O)c([N+](=O)[O-])cc1OCc1nncn1C. The van der Waals surface area contributed by atoms with Crippen LogP contribution in [0, 0.1) is 10.1 Å². The van der Waals surface area contributed by atoms with Gasteiger partial charge in [-0.3, -0.25) is 14.9 Å². The predicted molar refractivity (Wildman–Crippen MR) is 70.4 cm³/mol. The molecule has 0 saturated carbocycles. The number of aryl methyl sites for hydroxylation is 1. The molecule has 0 N–H and O–H groups in total. The van der Waals surface area contributed by atoms with E-state index in [1.165, 1.54) is 19.5 Å². The van der Waals surface area contributed by atoms with Crippen LogP contribution in [0.1, 0.15) is 16.2 Å². The molecule has 1 aromatic heterocycles. The lowest BCUT2D eigenvalue weighted by molar-refractivity contribution is -0.385. The molecule has 9 heteroatoms. The topological polar surface area (TPSA) is 109 Å². The first kappa shape index (κ1) is 14.4. The van der Waals surface area contributed by atoms with Crippen molar-refractivity contribution in [2.24, 2.45) is 7.05 Å². The Hall–Kier alpha value is -2.97. The van der Waals surface area contributed by atoms with E-state index in [0.29, 0.717) is 12.1 Å². The second-order valence-corrected chi connectivity index (χ2v) is 4.08. The number of hydrogen-bond donors (Lipinski definition) is 0. The third kappa shape index (κ3) is 2.96. The minimum Gasteiger partial charge on any atom is -0.493 e. The van der Waals surface area contributed by atoms with Crippen LogP contribution >= 0.6 is 0 Å². The van der Waals surface area contributed by atoms with Crippen molar-refractivity contribution >= 4 is 12.0 Å². The molecule has 0 atom stereocenters. The van der Waals surface area contributed by atoms with Crippen LogP contribution in [0.3, 0.4) is 0 Å². The number of aromatic nitrogens is 3. The summed E-state index contributed by atoms with van der Waals surface area (Å²) >= 11 is 0. The number of nitro benzene ring substituents is 1. The second-order valence-electron chi connectivity index (χ2n) is 4.08. The van der Waals surface area contributed by atoms with Gasteiger partial charge in [-0.25, -0.2) is 0 Å². The Balaban J connectivity index is 2.33. The van der Waals surface area contributed by atoms with Crippen LogP contribution in [0.25, 0.3) is 0 Å². The highest BCUT2D eigenvalue weighted by Gasteiger charge is 2.19. The highest BCUT2D eigenvalue weighted by atomic mass is 16.6. The van der Waals surface area contributed by atoms with E-state index in [1.54, 1.807) is 11.6 Å². The van der Waals surface area contributed by atoms with Gasteiger partial charge in [-0.05, 0) is 0 Å². The fourth-order valence-electron chi connectivity index (χ4n) is 1.67. The molecule has 2 rings (SSSR count). The predicted octanol–water partition coefficient (Wildman–Crippen LogP) is 1.12. The maximum absolute atomic E-state index is 10.9. The van der Waals surface area contributed by atoms with Crippen LogP contribution in [-0.2, 0) is 13.7 Å². The highest BCUT2D eigenvalue weighted by Crippen LogP contribution is 2.34. The minimum atomic E-state index is -0.654. The summed E-state index contributed by atoms with van der Waals surface area (Å²) < 4.78 is 12.2. The number of hydrogen-bond acceptors (Lipinski definition) is 7. The van der Waals surface area contributed by atoms with Crippen LogP contribution in [0.4, 0.5) is 5.69 Å². The van der Waals surface area contributed by atoms with Crippen molar-refractivity contribution in [1.82, 2.24) is 14.8 Å². The fraction of sp³-hybridized carbons (Fsp3) is 0.250. The molecule has 0 aliphatic rings. The van der Waals surface area contributed by atoms with Crippen LogP contribution in [0.2, 0.25) is 0 Å². The molecule has 0 amide bonds. The number of nitrogens with zero attached hydrogens (tertiary/aromatic N) is 4. The number of methoxy groups -OCH3 is 1. The molecule has 0 bridgehead atoms. The molecule has 2 aromatic rings. The summed E-state index contributed by atoms with van der Waals surface area (Å²) in [5.41, 5.74) is -0.429. The summed E-state index contributed by atoms with van der Waals surface area (Å²) in [5.74, 6) is 0.918. The smallest absolute Gasteiger partial charge is 0.283 e. The van der Waals surface area contributed by atoms with Gasteiger partial charge >= 0.3 is 0 Å². The van der Waals surface area contributed by atoms with Crippen LogP contribution in [-0.4, -0.2) is 33.1 Å². The van der Waals surface area contributed by atoms with E-state index in [0.717, 1.165) is 6.07 Å². The highest BCUT2D eigenvalue weighted by molar-refractivity contribution is 5.83. The number of nitro groups is 1. The van der Waals surface area contributed by atoms with Crippen molar-refractivity contribution in [2.75, 3.05) is 7.11 Å². The molecule has 1 heterocycles. The third-order valence-corrected chi connectivity index (χ3v) is 2.80. The Bertz CT molecular complexity index is 682. The van der Waals surface area contributed by atoms with Crippen LogP contribution < -0.4 is 9.47 Å². The van der Waals surface area contributed by atoms with Crippen molar-refractivity contribution in [3.05, 3.63) is 40.0 Å². The normalized spacial score (nSPS) is 10.2. The molecule has 0 saturated heterocycles. The van der Waals surface area contributed by atoms with E-state index in [-0.39, 0.29) is 29.4 Å². The molecule has 110 valence electrons. The lowest BCUT2D eigenvalue weighted by atomic mass is 10.1. The van der Waals surface area contributed by atoms with Gasteiger partial charge in [0.05, 0.1) is 23.7 Å². The fourth-order valence-corrected chi connectivity index (χ4v) is 1.67. The number of carbonyl (C=O) groups is 1. The van der Waals surface area contributed by atoms with E-state index in [2.05, 4.69) is 10.2 Å². The largest absolute Gasteiger partial charge is 0.493 e. The van der Waals surface area contributed by atoms with Gasteiger partial charge < -0.3 is 14.0 Å².